The van der Waals surface area contributed by atoms with Crippen molar-refractivity contribution in [1.29, 1.82) is 0 Å². The summed E-state index contributed by atoms with van der Waals surface area (Å²) in [7, 11) is 0. The fourth-order valence-corrected chi connectivity index (χ4v) is 3.17. The van der Waals surface area contributed by atoms with Gasteiger partial charge >= 0.3 is 6.36 Å². The SMILES string of the molecule is Cc1ccc2c(c1)NC1(NC2=O)C(=O)Nc2cc(OC(F)(F)F)ccc21. The van der Waals surface area contributed by atoms with Crippen LogP contribution in [0.3, 0.4) is 0 Å². The number of nitrogens with one attached hydrogen (secondary N) is 3. The molecule has 2 heterocycles. The van der Waals surface area contributed by atoms with Gasteiger partial charge in [0.2, 0.25) is 5.66 Å². The van der Waals surface area contributed by atoms with Gasteiger partial charge in [-0.1, -0.05) is 6.07 Å². The van der Waals surface area contributed by atoms with Crippen LogP contribution >= 0.6 is 0 Å². The lowest BCUT2D eigenvalue weighted by atomic mass is 9.95. The number of hydrogen-bond donors (Lipinski definition) is 3. The summed E-state index contributed by atoms with van der Waals surface area (Å²) in [6.45, 7) is 1.84. The fraction of sp³-hybridized carbons (Fsp3) is 0.176. The molecular formula is C17H12F3N3O3. The predicted octanol–water partition coefficient (Wildman–Crippen LogP) is 2.85. The Labute approximate surface area is 145 Å². The molecule has 0 aromatic heterocycles. The smallest absolute Gasteiger partial charge is 0.406 e. The number of carbonyl (C=O) groups is 2. The van der Waals surface area contributed by atoms with Crippen molar-refractivity contribution >= 4 is 23.2 Å². The number of amides is 2. The van der Waals surface area contributed by atoms with E-state index in [9.17, 15) is 22.8 Å². The molecule has 0 radical (unpaired) electrons. The van der Waals surface area contributed by atoms with Crippen LogP contribution in [0.2, 0.25) is 0 Å². The van der Waals surface area contributed by atoms with Crippen molar-refractivity contribution in [3.63, 3.8) is 0 Å². The third kappa shape index (κ3) is 2.43. The maximum atomic E-state index is 12.6. The van der Waals surface area contributed by atoms with Crippen LogP contribution in [0.4, 0.5) is 24.5 Å². The summed E-state index contributed by atoms with van der Waals surface area (Å²) in [5.41, 5.74) is 0.558. The zero-order chi connectivity index (χ0) is 18.7. The zero-order valence-electron chi connectivity index (χ0n) is 13.3. The second-order valence-corrected chi connectivity index (χ2v) is 6.09. The summed E-state index contributed by atoms with van der Waals surface area (Å²) >= 11 is 0. The van der Waals surface area contributed by atoms with Gasteiger partial charge in [0.25, 0.3) is 11.8 Å². The number of fused-ring (bicyclic) bond motifs is 3. The molecule has 0 aliphatic carbocycles. The Morgan fingerprint density at radius 3 is 2.50 bits per heavy atom. The van der Waals surface area contributed by atoms with E-state index in [-0.39, 0.29) is 5.69 Å². The Morgan fingerprint density at radius 1 is 1.00 bits per heavy atom. The Hall–Kier alpha value is -3.23. The van der Waals surface area contributed by atoms with E-state index in [4.69, 9.17) is 0 Å². The lowest BCUT2D eigenvalue weighted by Crippen LogP contribution is -2.59. The standard InChI is InChI=1S/C17H12F3N3O3/c1-8-2-4-10-12(6-8)22-16(23-14(10)24)11-5-3-9(26-17(18,19)20)7-13(11)21-15(16)25/h2-7,22H,1H3,(H,21,25)(H,23,24). The molecule has 134 valence electrons. The Morgan fingerprint density at radius 2 is 1.77 bits per heavy atom. The Balaban J connectivity index is 1.78. The van der Waals surface area contributed by atoms with E-state index in [1.165, 1.54) is 6.07 Å². The zero-order valence-corrected chi connectivity index (χ0v) is 13.3. The number of halogens is 3. The summed E-state index contributed by atoms with van der Waals surface area (Å²) in [4.78, 5) is 25.1. The number of aryl methyl sites for hydroxylation is 1. The molecule has 0 saturated heterocycles. The third-order valence-electron chi connectivity index (χ3n) is 4.26. The van der Waals surface area contributed by atoms with Crippen molar-refractivity contribution in [2.24, 2.45) is 0 Å². The molecule has 6 nitrogen and oxygen atoms in total. The molecule has 2 amide bonds. The molecule has 0 fully saturated rings. The molecular weight excluding hydrogens is 351 g/mol. The number of ether oxygens (including phenoxy) is 1. The summed E-state index contributed by atoms with van der Waals surface area (Å²) < 4.78 is 41.1. The maximum absolute atomic E-state index is 12.6. The minimum atomic E-state index is -4.84. The van der Waals surface area contributed by atoms with E-state index in [0.29, 0.717) is 16.8 Å². The topological polar surface area (TPSA) is 79.5 Å². The van der Waals surface area contributed by atoms with Crippen molar-refractivity contribution in [3.8, 4) is 5.75 Å². The lowest BCUT2D eigenvalue weighted by Gasteiger charge is -2.35. The van der Waals surface area contributed by atoms with Crippen LogP contribution in [0, 0.1) is 6.92 Å². The highest BCUT2D eigenvalue weighted by molar-refractivity contribution is 6.14. The van der Waals surface area contributed by atoms with Gasteiger partial charge in [0.15, 0.2) is 0 Å². The lowest BCUT2D eigenvalue weighted by molar-refractivity contribution is -0.274. The quantitative estimate of drug-likeness (QED) is 0.728. The normalized spacial score (nSPS) is 20.8. The number of alkyl halides is 3. The fourth-order valence-electron chi connectivity index (χ4n) is 3.17. The first-order chi connectivity index (χ1) is 12.2. The van der Waals surface area contributed by atoms with Gasteiger partial charge in [-0.05, 0) is 36.8 Å². The first-order valence-electron chi connectivity index (χ1n) is 7.61. The minimum Gasteiger partial charge on any atom is -0.406 e. The van der Waals surface area contributed by atoms with Gasteiger partial charge < -0.3 is 20.7 Å². The molecule has 1 spiro atoms. The molecule has 1 unspecified atom stereocenters. The summed E-state index contributed by atoms with van der Waals surface area (Å²) in [6, 6.07) is 8.59. The van der Waals surface area contributed by atoms with E-state index >= 15 is 0 Å². The van der Waals surface area contributed by atoms with E-state index < -0.39 is 29.6 Å². The molecule has 3 N–H and O–H groups in total. The monoisotopic (exact) mass is 363 g/mol. The van der Waals surface area contributed by atoms with Crippen LogP contribution in [0.25, 0.3) is 0 Å². The molecule has 2 aliphatic rings. The van der Waals surface area contributed by atoms with Gasteiger partial charge in [-0.3, -0.25) is 9.59 Å². The number of rotatable bonds is 1. The molecule has 0 saturated carbocycles. The number of carbonyl (C=O) groups excluding carboxylic acids is 2. The first kappa shape index (κ1) is 16.2. The number of benzene rings is 2. The van der Waals surface area contributed by atoms with Gasteiger partial charge in [-0.15, -0.1) is 13.2 Å². The summed E-state index contributed by atoms with van der Waals surface area (Å²) in [6.07, 6.45) is -4.84. The van der Waals surface area contributed by atoms with Gasteiger partial charge in [0.05, 0.1) is 11.3 Å². The first-order valence-corrected chi connectivity index (χ1v) is 7.61. The summed E-state index contributed by atoms with van der Waals surface area (Å²) in [5, 5.41) is 8.11. The molecule has 1 atom stereocenters. The molecule has 9 heteroatoms. The van der Waals surface area contributed by atoms with E-state index in [1.54, 1.807) is 18.2 Å². The number of anilines is 2. The largest absolute Gasteiger partial charge is 0.573 e. The van der Waals surface area contributed by atoms with Crippen molar-refractivity contribution in [3.05, 3.63) is 53.1 Å². The highest BCUT2D eigenvalue weighted by Gasteiger charge is 2.51. The molecule has 2 aromatic rings. The second-order valence-electron chi connectivity index (χ2n) is 6.09. The molecule has 26 heavy (non-hydrogen) atoms. The highest BCUT2D eigenvalue weighted by Crippen LogP contribution is 2.42. The van der Waals surface area contributed by atoms with Gasteiger partial charge in [0, 0.05) is 17.3 Å². The van der Waals surface area contributed by atoms with Crippen molar-refractivity contribution in [2.45, 2.75) is 18.9 Å². The average molecular weight is 363 g/mol. The van der Waals surface area contributed by atoms with Gasteiger partial charge in [-0.2, -0.15) is 0 Å². The molecule has 2 aromatic carbocycles. The minimum absolute atomic E-state index is 0.126. The highest BCUT2D eigenvalue weighted by atomic mass is 19.4. The molecule has 0 bridgehead atoms. The number of hydrogen-bond acceptors (Lipinski definition) is 4. The van der Waals surface area contributed by atoms with Gasteiger partial charge in [0.1, 0.15) is 5.75 Å². The van der Waals surface area contributed by atoms with Crippen LogP contribution in [-0.4, -0.2) is 18.2 Å². The van der Waals surface area contributed by atoms with Crippen LogP contribution in [0.5, 0.6) is 5.75 Å². The maximum Gasteiger partial charge on any atom is 0.573 e. The van der Waals surface area contributed by atoms with Crippen molar-refractivity contribution < 1.29 is 27.5 Å². The van der Waals surface area contributed by atoms with Crippen LogP contribution in [-0.2, 0) is 10.5 Å². The summed E-state index contributed by atoms with van der Waals surface area (Å²) in [5.74, 6) is -1.53. The Kier molecular flexibility index (Phi) is 3.21. The van der Waals surface area contributed by atoms with Crippen molar-refractivity contribution in [2.75, 3.05) is 10.6 Å². The molecule has 2 aliphatic heterocycles. The van der Waals surface area contributed by atoms with Crippen LogP contribution < -0.4 is 20.7 Å². The predicted molar refractivity (Wildman–Crippen MR) is 85.7 cm³/mol. The third-order valence-corrected chi connectivity index (χ3v) is 4.26. The van der Waals surface area contributed by atoms with Gasteiger partial charge in [-0.25, -0.2) is 0 Å². The Bertz CT molecular complexity index is 958. The molecule has 4 rings (SSSR count). The van der Waals surface area contributed by atoms with E-state index in [0.717, 1.165) is 17.7 Å². The second kappa shape index (κ2) is 5.13. The van der Waals surface area contributed by atoms with E-state index in [2.05, 4.69) is 20.7 Å². The van der Waals surface area contributed by atoms with E-state index in [1.807, 2.05) is 6.92 Å². The van der Waals surface area contributed by atoms with Crippen LogP contribution in [0.1, 0.15) is 21.5 Å². The average Bonchev–Trinajstić information content (AvgIpc) is 2.76. The van der Waals surface area contributed by atoms with Crippen molar-refractivity contribution in [1.82, 2.24) is 5.32 Å². The van der Waals surface area contributed by atoms with Crippen LogP contribution in [0.15, 0.2) is 36.4 Å².